The first-order valence-corrected chi connectivity index (χ1v) is 5.05. The molecule has 0 aliphatic heterocycles. The molecule has 0 saturated heterocycles. The molecule has 0 aromatic carbocycles. The number of carboxylic acid groups (broad SMARTS) is 1. The van der Waals surface area contributed by atoms with E-state index in [1.165, 1.54) is 0 Å². The Labute approximate surface area is 84.4 Å². The van der Waals surface area contributed by atoms with E-state index in [0.29, 0.717) is 5.69 Å². The van der Waals surface area contributed by atoms with Crippen molar-refractivity contribution in [2.75, 3.05) is 0 Å². The number of aryl methyl sites for hydroxylation is 2. The normalized spacial score (nSPS) is 10.4. The van der Waals surface area contributed by atoms with E-state index in [2.05, 4.69) is 6.92 Å². The van der Waals surface area contributed by atoms with Gasteiger partial charge in [0, 0.05) is 12.7 Å². The molecule has 1 rings (SSSR count). The van der Waals surface area contributed by atoms with Gasteiger partial charge in [0.25, 0.3) is 0 Å². The van der Waals surface area contributed by atoms with Crippen LogP contribution in [-0.4, -0.2) is 15.6 Å². The third-order valence-electron chi connectivity index (χ3n) is 2.37. The minimum atomic E-state index is -0.830. The van der Waals surface area contributed by atoms with Crippen LogP contribution in [0.5, 0.6) is 0 Å². The zero-order valence-electron chi connectivity index (χ0n) is 8.79. The largest absolute Gasteiger partial charge is 0.477 e. The summed E-state index contributed by atoms with van der Waals surface area (Å²) in [5.74, 6) is -0.830. The van der Waals surface area contributed by atoms with E-state index in [4.69, 9.17) is 5.11 Å². The first kappa shape index (κ1) is 10.8. The van der Waals surface area contributed by atoms with E-state index in [1.807, 2.05) is 23.8 Å². The van der Waals surface area contributed by atoms with Crippen molar-refractivity contribution >= 4 is 5.97 Å². The molecule has 0 bridgehead atoms. The summed E-state index contributed by atoms with van der Waals surface area (Å²) >= 11 is 0. The fourth-order valence-corrected chi connectivity index (χ4v) is 1.59. The molecular formula is C11H17NO2. The van der Waals surface area contributed by atoms with Gasteiger partial charge in [-0.1, -0.05) is 19.8 Å². The van der Waals surface area contributed by atoms with E-state index in [-0.39, 0.29) is 0 Å². The zero-order valence-corrected chi connectivity index (χ0v) is 8.79. The Hall–Kier alpha value is -1.25. The van der Waals surface area contributed by atoms with Gasteiger partial charge in [-0.3, -0.25) is 0 Å². The number of hydrogen-bond acceptors (Lipinski definition) is 1. The molecular weight excluding hydrogens is 178 g/mol. The molecule has 78 valence electrons. The van der Waals surface area contributed by atoms with E-state index in [0.717, 1.165) is 31.4 Å². The average Bonchev–Trinajstić information content (AvgIpc) is 2.47. The van der Waals surface area contributed by atoms with Gasteiger partial charge in [0.2, 0.25) is 0 Å². The molecule has 3 nitrogen and oxygen atoms in total. The predicted molar refractivity (Wildman–Crippen MR) is 55.7 cm³/mol. The number of aromatic nitrogens is 1. The highest BCUT2D eigenvalue weighted by atomic mass is 16.4. The predicted octanol–water partition coefficient (Wildman–Crippen LogP) is 2.68. The third-order valence-corrected chi connectivity index (χ3v) is 2.37. The Balaban J connectivity index is 2.71. The standard InChI is InChI=1S/C11H17NO2/c1-3-4-5-7-12-8-6-9(2)10(12)11(13)14/h6,8H,3-5,7H2,1-2H3,(H,13,14). The number of carboxylic acids is 1. The smallest absolute Gasteiger partial charge is 0.352 e. The van der Waals surface area contributed by atoms with Crippen molar-refractivity contribution in [3.8, 4) is 0 Å². The molecule has 0 unspecified atom stereocenters. The number of nitrogens with zero attached hydrogens (tertiary/aromatic N) is 1. The minimum absolute atomic E-state index is 0.432. The Morgan fingerprint density at radius 1 is 1.50 bits per heavy atom. The Bertz CT molecular complexity index is 315. The van der Waals surface area contributed by atoms with Crippen molar-refractivity contribution in [1.82, 2.24) is 4.57 Å². The molecule has 0 atom stereocenters. The molecule has 1 aromatic rings. The molecule has 0 aliphatic rings. The minimum Gasteiger partial charge on any atom is -0.477 e. The summed E-state index contributed by atoms with van der Waals surface area (Å²) in [5, 5.41) is 8.97. The number of hydrogen-bond donors (Lipinski definition) is 1. The van der Waals surface area contributed by atoms with Crippen LogP contribution < -0.4 is 0 Å². The summed E-state index contributed by atoms with van der Waals surface area (Å²) in [6.07, 6.45) is 5.21. The van der Waals surface area contributed by atoms with E-state index in [9.17, 15) is 4.79 Å². The first-order valence-electron chi connectivity index (χ1n) is 5.05. The van der Waals surface area contributed by atoms with Crippen LogP contribution >= 0.6 is 0 Å². The fourth-order valence-electron chi connectivity index (χ4n) is 1.59. The molecule has 0 aliphatic carbocycles. The lowest BCUT2D eigenvalue weighted by molar-refractivity contribution is 0.0684. The van der Waals surface area contributed by atoms with Gasteiger partial charge >= 0.3 is 5.97 Å². The molecule has 1 aromatic heterocycles. The lowest BCUT2D eigenvalue weighted by Crippen LogP contribution is -2.09. The lowest BCUT2D eigenvalue weighted by Gasteiger charge is -2.05. The second kappa shape index (κ2) is 4.84. The summed E-state index contributed by atoms with van der Waals surface area (Å²) in [5.41, 5.74) is 1.27. The summed E-state index contributed by atoms with van der Waals surface area (Å²) in [7, 11) is 0. The summed E-state index contributed by atoms with van der Waals surface area (Å²) in [6, 6.07) is 1.86. The number of aromatic carboxylic acids is 1. The van der Waals surface area contributed by atoms with Crippen LogP contribution in [0.15, 0.2) is 12.3 Å². The van der Waals surface area contributed by atoms with Gasteiger partial charge in [0.15, 0.2) is 0 Å². The lowest BCUT2D eigenvalue weighted by atomic mass is 10.2. The van der Waals surface area contributed by atoms with Crippen LogP contribution in [-0.2, 0) is 6.54 Å². The van der Waals surface area contributed by atoms with Crippen LogP contribution in [0.4, 0.5) is 0 Å². The van der Waals surface area contributed by atoms with E-state index >= 15 is 0 Å². The average molecular weight is 195 g/mol. The fraction of sp³-hybridized carbons (Fsp3) is 0.545. The van der Waals surface area contributed by atoms with Gasteiger partial charge in [0.1, 0.15) is 5.69 Å². The summed E-state index contributed by atoms with van der Waals surface area (Å²) < 4.78 is 1.83. The summed E-state index contributed by atoms with van der Waals surface area (Å²) in [6.45, 7) is 4.78. The van der Waals surface area contributed by atoms with E-state index < -0.39 is 5.97 Å². The molecule has 3 heteroatoms. The number of unbranched alkanes of at least 4 members (excludes halogenated alkanes) is 2. The Morgan fingerprint density at radius 3 is 2.79 bits per heavy atom. The highest BCUT2D eigenvalue weighted by molar-refractivity contribution is 5.87. The highest BCUT2D eigenvalue weighted by Gasteiger charge is 2.12. The molecule has 0 amide bonds. The van der Waals surface area contributed by atoms with Crippen LogP contribution in [0, 0.1) is 6.92 Å². The molecule has 1 N–H and O–H groups in total. The maximum Gasteiger partial charge on any atom is 0.352 e. The number of rotatable bonds is 5. The maximum atomic E-state index is 10.9. The third kappa shape index (κ3) is 2.37. The molecule has 1 heterocycles. The molecule has 14 heavy (non-hydrogen) atoms. The van der Waals surface area contributed by atoms with Crippen LogP contribution in [0.2, 0.25) is 0 Å². The Kier molecular flexibility index (Phi) is 3.74. The maximum absolute atomic E-state index is 10.9. The van der Waals surface area contributed by atoms with Gasteiger partial charge in [-0.15, -0.1) is 0 Å². The van der Waals surface area contributed by atoms with Gasteiger partial charge in [-0.05, 0) is 25.0 Å². The highest BCUT2D eigenvalue weighted by Crippen LogP contribution is 2.11. The van der Waals surface area contributed by atoms with Crippen LogP contribution in [0.3, 0.4) is 0 Å². The van der Waals surface area contributed by atoms with E-state index in [1.54, 1.807) is 0 Å². The molecule has 0 fully saturated rings. The van der Waals surface area contributed by atoms with Crippen LogP contribution in [0.25, 0.3) is 0 Å². The second-order valence-corrected chi connectivity index (χ2v) is 3.55. The zero-order chi connectivity index (χ0) is 10.6. The molecule has 0 radical (unpaired) electrons. The Morgan fingerprint density at radius 2 is 2.21 bits per heavy atom. The van der Waals surface area contributed by atoms with Gasteiger partial charge in [0.05, 0.1) is 0 Å². The topological polar surface area (TPSA) is 42.2 Å². The number of carbonyl (C=O) groups is 1. The van der Waals surface area contributed by atoms with Crippen molar-refractivity contribution < 1.29 is 9.90 Å². The van der Waals surface area contributed by atoms with Crippen molar-refractivity contribution in [3.63, 3.8) is 0 Å². The van der Waals surface area contributed by atoms with Crippen molar-refractivity contribution in [3.05, 3.63) is 23.5 Å². The van der Waals surface area contributed by atoms with Gasteiger partial charge in [-0.2, -0.15) is 0 Å². The second-order valence-electron chi connectivity index (χ2n) is 3.55. The summed E-state index contributed by atoms with van der Waals surface area (Å²) in [4.78, 5) is 10.9. The molecule has 0 saturated carbocycles. The molecule has 0 spiro atoms. The van der Waals surface area contributed by atoms with Crippen molar-refractivity contribution in [1.29, 1.82) is 0 Å². The van der Waals surface area contributed by atoms with Crippen molar-refractivity contribution in [2.24, 2.45) is 0 Å². The van der Waals surface area contributed by atoms with Gasteiger partial charge < -0.3 is 9.67 Å². The van der Waals surface area contributed by atoms with Gasteiger partial charge in [-0.25, -0.2) is 4.79 Å². The SMILES string of the molecule is CCCCCn1ccc(C)c1C(=O)O. The van der Waals surface area contributed by atoms with Crippen molar-refractivity contribution in [2.45, 2.75) is 39.7 Å². The monoisotopic (exact) mass is 195 g/mol. The quantitative estimate of drug-likeness (QED) is 0.734. The van der Waals surface area contributed by atoms with Crippen LogP contribution in [0.1, 0.15) is 42.2 Å². The first-order chi connectivity index (χ1) is 6.66.